The molecule has 80 valence electrons. The van der Waals surface area contributed by atoms with Crippen molar-refractivity contribution in [1.29, 1.82) is 0 Å². The second-order valence-corrected chi connectivity index (χ2v) is 5.25. The lowest BCUT2D eigenvalue weighted by molar-refractivity contribution is 0.610. The van der Waals surface area contributed by atoms with Crippen LogP contribution in [-0.4, -0.2) is 21.3 Å². The van der Waals surface area contributed by atoms with Crippen LogP contribution >= 0.6 is 27.7 Å². The van der Waals surface area contributed by atoms with Crippen molar-refractivity contribution in [1.82, 2.24) is 9.78 Å². The Labute approximate surface area is 97.6 Å². The number of anilines is 1. The van der Waals surface area contributed by atoms with Crippen LogP contribution in [0.2, 0.25) is 0 Å². The third-order valence-corrected chi connectivity index (χ3v) is 3.92. The Morgan fingerprint density at radius 1 is 1.57 bits per heavy atom. The predicted octanol–water partition coefficient (Wildman–Crippen LogP) is 2.68. The van der Waals surface area contributed by atoms with Gasteiger partial charge in [-0.15, -0.1) is 0 Å². The Kier molecular flexibility index (Phi) is 4.81. The molecule has 0 saturated heterocycles. The fourth-order valence-corrected chi connectivity index (χ4v) is 2.11. The molecule has 1 aromatic rings. The van der Waals surface area contributed by atoms with Crippen LogP contribution in [0.25, 0.3) is 0 Å². The van der Waals surface area contributed by atoms with Crippen LogP contribution in [0.4, 0.5) is 5.82 Å². The summed E-state index contributed by atoms with van der Waals surface area (Å²) in [5, 5.41) is 4.34. The lowest BCUT2D eigenvalue weighted by Crippen LogP contribution is -2.05. The van der Waals surface area contributed by atoms with Crippen molar-refractivity contribution in [3.63, 3.8) is 0 Å². The molecule has 1 aromatic heterocycles. The number of rotatable bonds is 5. The van der Waals surface area contributed by atoms with Crippen molar-refractivity contribution in [2.24, 2.45) is 0 Å². The molecule has 0 aliphatic heterocycles. The lowest BCUT2D eigenvalue weighted by atomic mass is 10.4. The van der Waals surface area contributed by atoms with E-state index in [2.05, 4.69) is 28.0 Å². The highest BCUT2D eigenvalue weighted by Gasteiger charge is 2.08. The topological polar surface area (TPSA) is 43.8 Å². The molecule has 0 aliphatic rings. The molecule has 1 heterocycles. The molecule has 0 radical (unpaired) electrons. The number of nitrogens with two attached hydrogens (primary N) is 1. The Bertz CT molecular complexity index is 298. The first-order valence-corrected chi connectivity index (χ1v) is 6.67. The molecule has 0 aliphatic carbocycles. The van der Waals surface area contributed by atoms with Gasteiger partial charge in [0.2, 0.25) is 0 Å². The van der Waals surface area contributed by atoms with Gasteiger partial charge in [0.15, 0.2) is 0 Å². The molecule has 5 heteroatoms. The fraction of sp³-hybridized carbons (Fsp3) is 0.667. The van der Waals surface area contributed by atoms with Gasteiger partial charge < -0.3 is 5.73 Å². The maximum Gasteiger partial charge on any atom is 0.136 e. The molecule has 1 rings (SSSR count). The SMILES string of the molecule is CCSCCCn1nc(C)c(Br)c1N. The molecule has 3 nitrogen and oxygen atoms in total. The summed E-state index contributed by atoms with van der Waals surface area (Å²) in [4.78, 5) is 0. The molecule has 0 spiro atoms. The summed E-state index contributed by atoms with van der Waals surface area (Å²) in [6, 6.07) is 0. The standard InChI is InChI=1S/C9H16BrN3S/c1-3-14-6-4-5-13-9(11)8(10)7(2)12-13/h3-6,11H2,1-2H3. The Balaban J connectivity index is 2.47. The summed E-state index contributed by atoms with van der Waals surface area (Å²) in [6.07, 6.45) is 1.12. The molecule has 0 unspecified atom stereocenters. The lowest BCUT2D eigenvalue weighted by Gasteiger charge is -2.03. The van der Waals surface area contributed by atoms with E-state index in [1.54, 1.807) is 0 Å². The van der Waals surface area contributed by atoms with E-state index < -0.39 is 0 Å². The van der Waals surface area contributed by atoms with Gasteiger partial charge in [0.25, 0.3) is 0 Å². The van der Waals surface area contributed by atoms with Crippen LogP contribution in [0, 0.1) is 6.92 Å². The number of thioether (sulfide) groups is 1. The van der Waals surface area contributed by atoms with E-state index in [0.717, 1.165) is 29.0 Å². The van der Waals surface area contributed by atoms with Crippen LogP contribution in [0.3, 0.4) is 0 Å². The second kappa shape index (κ2) is 5.66. The first-order valence-electron chi connectivity index (χ1n) is 4.73. The zero-order valence-corrected chi connectivity index (χ0v) is 11.0. The monoisotopic (exact) mass is 277 g/mol. The number of aromatic nitrogens is 2. The van der Waals surface area contributed by atoms with Gasteiger partial charge in [0.05, 0.1) is 10.2 Å². The normalized spacial score (nSPS) is 10.8. The van der Waals surface area contributed by atoms with Crippen molar-refractivity contribution < 1.29 is 0 Å². The molecule has 2 N–H and O–H groups in total. The van der Waals surface area contributed by atoms with Gasteiger partial charge in [-0.2, -0.15) is 16.9 Å². The summed E-state index contributed by atoms with van der Waals surface area (Å²) >= 11 is 5.36. The minimum atomic E-state index is 0.740. The largest absolute Gasteiger partial charge is 0.383 e. The minimum absolute atomic E-state index is 0.740. The average Bonchev–Trinajstić information content (AvgIpc) is 2.41. The van der Waals surface area contributed by atoms with Gasteiger partial charge in [-0.1, -0.05) is 6.92 Å². The van der Waals surface area contributed by atoms with E-state index in [-0.39, 0.29) is 0 Å². The van der Waals surface area contributed by atoms with Crippen molar-refractivity contribution in [2.45, 2.75) is 26.8 Å². The number of halogens is 1. The Hall–Kier alpha value is -0.160. The first kappa shape index (κ1) is 11.9. The van der Waals surface area contributed by atoms with E-state index in [4.69, 9.17) is 5.73 Å². The highest BCUT2D eigenvalue weighted by molar-refractivity contribution is 9.10. The van der Waals surface area contributed by atoms with Crippen LogP contribution < -0.4 is 5.73 Å². The molecular weight excluding hydrogens is 262 g/mol. The van der Waals surface area contributed by atoms with Crippen molar-refractivity contribution in [3.05, 3.63) is 10.2 Å². The molecule has 0 amide bonds. The summed E-state index contributed by atoms with van der Waals surface area (Å²) in [5.74, 6) is 3.09. The van der Waals surface area contributed by atoms with Crippen molar-refractivity contribution >= 4 is 33.5 Å². The highest BCUT2D eigenvalue weighted by Crippen LogP contribution is 2.23. The molecule has 0 atom stereocenters. The molecule has 14 heavy (non-hydrogen) atoms. The Morgan fingerprint density at radius 2 is 2.29 bits per heavy atom. The van der Waals surface area contributed by atoms with E-state index >= 15 is 0 Å². The first-order chi connectivity index (χ1) is 6.66. The van der Waals surface area contributed by atoms with E-state index in [1.165, 1.54) is 11.5 Å². The van der Waals surface area contributed by atoms with Crippen molar-refractivity contribution in [2.75, 3.05) is 17.2 Å². The zero-order chi connectivity index (χ0) is 10.6. The molecular formula is C9H16BrN3S. The number of hydrogen-bond acceptors (Lipinski definition) is 3. The van der Waals surface area contributed by atoms with Crippen LogP contribution in [0.1, 0.15) is 19.0 Å². The van der Waals surface area contributed by atoms with Crippen LogP contribution in [0.5, 0.6) is 0 Å². The third kappa shape index (κ3) is 2.92. The zero-order valence-electron chi connectivity index (χ0n) is 8.59. The van der Waals surface area contributed by atoms with Crippen LogP contribution in [-0.2, 0) is 6.54 Å². The maximum absolute atomic E-state index is 5.86. The van der Waals surface area contributed by atoms with Gasteiger partial charge >= 0.3 is 0 Å². The molecule has 0 aromatic carbocycles. The number of aryl methyl sites for hydroxylation is 2. The maximum atomic E-state index is 5.86. The molecule has 0 bridgehead atoms. The van der Waals surface area contributed by atoms with Crippen LogP contribution in [0.15, 0.2) is 4.47 Å². The fourth-order valence-electron chi connectivity index (χ4n) is 1.21. The summed E-state index contributed by atoms with van der Waals surface area (Å²) in [5.41, 5.74) is 6.83. The van der Waals surface area contributed by atoms with Gasteiger partial charge in [-0.05, 0) is 40.8 Å². The third-order valence-electron chi connectivity index (χ3n) is 1.95. The number of hydrogen-bond donors (Lipinski definition) is 1. The van der Waals surface area contributed by atoms with E-state index in [9.17, 15) is 0 Å². The van der Waals surface area contributed by atoms with Crippen molar-refractivity contribution in [3.8, 4) is 0 Å². The summed E-state index contributed by atoms with van der Waals surface area (Å²) < 4.78 is 2.80. The Morgan fingerprint density at radius 3 is 2.79 bits per heavy atom. The molecule has 0 fully saturated rings. The second-order valence-electron chi connectivity index (χ2n) is 3.06. The van der Waals surface area contributed by atoms with Gasteiger partial charge in [0, 0.05) is 6.54 Å². The van der Waals surface area contributed by atoms with Gasteiger partial charge in [0.1, 0.15) is 5.82 Å². The van der Waals surface area contributed by atoms with Gasteiger partial charge in [-0.3, -0.25) is 0 Å². The van der Waals surface area contributed by atoms with E-state index in [1.807, 2.05) is 23.4 Å². The minimum Gasteiger partial charge on any atom is -0.383 e. The smallest absolute Gasteiger partial charge is 0.136 e. The number of nitrogens with zero attached hydrogens (tertiary/aromatic N) is 2. The highest BCUT2D eigenvalue weighted by atomic mass is 79.9. The average molecular weight is 278 g/mol. The quantitative estimate of drug-likeness (QED) is 0.842. The summed E-state index contributed by atoms with van der Waals surface area (Å²) in [7, 11) is 0. The number of nitrogen functional groups attached to an aromatic ring is 1. The summed E-state index contributed by atoms with van der Waals surface area (Å²) in [6.45, 7) is 5.04. The predicted molar refractivity (Wildman–Crippen MR) is 66.7 cm³/mol. The van der Waals surface area contributed by atoms with E-state index in [0.29, 0.717) is 0 Å². The molecule has 0 saturated carbocycles. The van der Waals surface area contributed by atoms with Gasteiger partial charge in [-0.25, -0.2) is 4.68 Å².